The van der Waals surface area contributed by atoms with Gasteiger partial charge >= 0.3 is 6.85 Å². The van der Waals surface area contributed by atoms with E-state index in [9.17, 15) is 5.48 Å². The van der Waals surface area contributed by atoms with Crippen molar-refractivity contribution in [1.82, 2.24) is 23.6 Å². The molecule has 10 heteroatoms. The molecule has 0 atom stereocenters. The third-order valence-corrected chi connectivity index (χ3v) is 15.2. The van der Waals surface area contributed by atoms with Gasteiger partial charge in [-0.25, -0.2) is 4.98 Å². The number of para-hydroxylation sites is 6. The molecular weight excluding hydrogens is 1170 g/mol. The van der Waals surface area contributed by atoms with E-state index in [1.165, 1.54) is 0 Å². The number of nitrogens with zero attached hydrogens (tertiary/aromatic N) is 6. The van der Waals surface area contributed by atoms with Crippen molar-refractivity contribution in [2.45, 2.75) is 65.7 Å². The van der Waals surface area contributed by atoms with Crippen LogP contribution < -0.4 is 25.0 Å². The van der Waals surface area contributed by atoms with Crippen molar-refractivity contribution in [3.63, 3.8) is 0 Å². The number of fused-ring (bicyclic) bond motifs is 8. The van der Waals surface area contributed by atoms with Crippen LogP contribution in [0.25, 0.3) is 83.3 Å². The van der Waals surface area contributed by atoms with Crippen molar-refractivity contribution in [2.24, 2.45) is 0 Å². The minimum atomic E-state index is -0.591. The number of benzene rings is 9. The zero-order chi connectivity index (χ0) is 63.1. The van der Waals surface area contributed by atoms with Gasteiger partial charge in [0.25, 0.3) is 12.3 Å². The van der Waals surface area contributed by atoms with E-state index >= 15 is 0 Å². The Bertz CT molecular complexity index is 5020. The molecule has 13 aromatic rings. The Labute approximate surface area is 501 Å². The monoisotopic (exact) mass is 1240 g/mol. The third kappa shape index (κ3) is 8.77. The predicted octanol–water partition coefficient (Wildman–Crippen LogP) is 15.6. The van der Waals surface area contributed by atoms with Crippen molar-refractivity contribution >= 4 is 61.6 Å². The number of ether oxygens (including phenoxy) is 2. The minimum absolute atomic E-state index is 0. The van der Waals surface area contributed by atoms with Crippen LogP contribution in [-0.4, -0.2) is 30.4 Å². The molecule has 0 spiro atoms. The van der Waals surface area contributed by atoms with E-state index in [-0.39, 0.29) is 72.0 Å². The molecule has 1 aliphatic rings. The van der Waals surface area contributed by atoms with Gasteiger partial charge in [0, 0.05) is 44.3 Å². The summed E-state index contributed by atoms with van der Waals surface area (Å²) < 4.78 is 112. The molecule has 0 saturated heterocycles. The second-order valence-corrected chi connectivity index (χ2v) is 21.8. The van der Waals surface area contributed by atoms with Gasteiger partial charge in [-0.3, -0.25) is 4.57 Å². The van der Waals surface area contributed by atoms with Gasteiger partial charge in [0.05, 0.1) is 47.2 Å². The first kappa shape index (κ1) is 41.3. The van der Waals surface area contributed by atoms with Crippen molar-refractivity contribution in [3.05, 3.63) is 241 Å². The van der Waals surface area contributed by atoms with Gasteiger partial charge in [-0.2, -0.15) is 17.1 Å². The molecule has 398 valence electrons. The molecule has 0 saturated carbocycles. The zero-order valence-corrected chi connectivity index (χ0v) is 47.7. The number of hydrogen-bond acceptors (Lipinski definition) is 4. The van der Waals surface area contributed by atoms with Gasteiger partial charge in [0.15, 0.2) is 0 Å². The van der Waals surface area contributed by atoms with Gasteiger partial charge in [0.2, 0.25) is 0 Å². The molecule has 9 aromatic carbocycles. The second kappa shape index (κ2) is 20.4. The second-order valence-electron chi connectivity index (χ2n) is 21.8. The molecule has 0 radical (unpaired) electrons. The first-order valence-corrected chi connectivity index (χ1v) is 26.8. The molecule has 8 nitrogen and oxygen atoms in total. The molecule has 0 bridgehead atoms. The summed E-state index contributed by atoms with van der Waals surface area (Å²) in [6.07, 6.45) is 5.44. The largest absolute Gasteiger partial charge is 0.506 e. The smallest absolute Gasteiger partial charge is 0.312 e. The van der Waals surface area contributed by atoms with Crippen LogP contribution in [0, 0.1) is 18.5 Å². The van der Waals surface area contributed by atoms with Crippen molar-refractivity contribution in [1.29, 1.82) is 0 Å². The Hall–Kier alpha value is -8.78. The average Bonchev–Trinajstić information content (AvgIpc) is 1.69. The van der Waals surface area contributed by atoms with E-state index in [1.807, 2.05) is 91.1 Å². The fraction of sp³-hybridized carbons (Fsp3) is 0.141. The molecule has 0 fully saturated rings. The SMILES string of the molecule is [2H]c1c([2H])c([2H])c(-c2cccc(-c3c([2H])c([2H])c([2H])c([2H])c3[2H])c2-[n+]2[c-]n(-c3[c-]c(Oc4[c-]c5c(cc4)c4ccccc4n5-c4cc(C(C)(C)C)ccn4)c4c(c3)B(c3c(C(C)C)cccc3C(C)C)n3c(nc5ccccc53)O4)c3ccccc32)c([2H])c1[2H].[Pt]. The topological polar surface area (TPSA) is 62.9 Å². The molecule has 0 aliphatic carbocycles. The Morgan fingerprint density at radius 1 is 0.667 bits per heavy atom. The average molecular weight is 1240 g/mol. The minimum Gasteiger partial charge on any atom is -0.506 e. The first-order chi connectivity index (χ1) is 43.1. The maximum absolute atomic E-state index is 9.32. The molecular formula is C71H57BN6O2Pt-2. The Balaban J connectivity index is 0.00000758. The van der Waals surface area contributed by atoms with E-state index in [4.69, 9.17) is 27.7 Å². The van der Waals surface area contributed by atoms with Gasteiger partial charge in [-0.1, -0.05) is 205 Å². The van der Waals surface area contributed by atoms with Gasteiger partial charge in [-0.05, 0) is 103 Å². The molecule has 14 rings (SSSR count). The first-order valence-electron chi connectivity index (χ1n) is 31.8. The number of rotatable bonds is 10. The summed E-state index contributed by atoms with van der Waals surface area (Å²) in [5, 5.41) is 1.94. The third-order valence-electron chi connectivity index (χ3n) is 15.2. The van der Waals surface area contributed by atoms with Crippen LogP contribution in [0.4, 0.5) is 0 Å². The van der Waals surface area contributed by atoms with Gasteiger partial charge in [0.1, 0.15) is 5.82 Å². The van der Waals surface area contributed by atoms with Gasteiger partial charge in [-0.15, -0.1) is 29.0 Å². The van der Waals surface area contributed by atoms with Gasteiger partial charge < -0.3 is 23.1 Å². The van der Waals surface area contributed by atoms with Crippen LogP contribution in [-0.2, 0) is 26.5 Å². The van der Waals surface area contributed by atoms with E-state index in [0.29, 0.717) is 45.5 Å². The van der Waals surface area contributed by atoms with Crippen LogP contribution in [0.2, 0.25) is 0 Å². The molecule has 0 unspecified atom stereocenters. The van der Waals surface area contributed by atoms with E-state index in [2.05, 4.69) is 112 Å². The molecule has 0 amide bonds. The van der Waals surface area contributed by atoms with Crippen LogP contribution in [0.5, 0.6) is 23.3 Å². The van der Waals surface area contributed by atoms with Crippen LogP contribution in [0.15, 0.2) is 206 Å². The Kier molecular flexibility index (Phi) is 10.4. The van der Waals surface area contributed by atoms with Crippen molar-refractivity contribution in [2.75, 3.05) is 0 Å². The van der Waals surface area contributed by atoms with E-state index < -0.39 is 67.3 Å². The quantitative estimate of drug-likeness (QED) is 0.0778. The summed E-state index contributed by atoms with van der Waals surface area (Å²) in [4.78, 5) is 10.1. The standard InChI is InChI=1S/C71H57BN6O2.Pt/c1-45(2)52-27-20-28-53(46(3)4)67(52)72-58-41-50(75-44-76(63-35-19-18-34-62(63)75)68-54(47-22-10-8-11-23-47)29-21-30-55(68)48-24-12-9-13-25-48)42-65(69(58)80-70-74-59-31-15-17-33-61(59)78(70)72)79-51-36-37-57-56-26-14-16-32-60(56)77(64(57)43-51)66-40-49(38-39-73-66)71(5,6)7;/h8-41,45-46H,1-7H3;/q-2;/i8D,9D,10D,11D,12D,13D,22D,23D,24D,25D;. The molecule has 0 N–H and O–H groups in total. The maximum atomic E-state index is 9.32. The Morgan fingerprint density at radius 2 is 1.31 bits per heavy atom. The summed E-state index contributed by atoms with van der Waals surface area (Å²) in [6.45, 7) is 14.7. The number of hydrogen-bond donors (Lipinski definition) is 0. The normalized spacial score (nSPS) is 14.1. The number of imidazole rings is 2. The number of pyridine rings is 1. The fourth-order valence-corrected chi connectivity index (χ4v) is 11.5. The summed E-state index contributed by atoms with van der Waals surface area (Å²) >= 11 is 0. The van der Waals surface area contributed by atoms with Crippen LogP contribution in [0.1, 0.15) is 90.7 Å². The molecule has 4 aromatic heterocycles. The zero-order valence-electron chi connectivity index (χ0n) is 55.4. The summed E-state index contributed by atoms with van der Waals surface area (Å²) in [5.41, 5.74) is 9.63. The number of aromatic nitrogens is 6. The maximum Gasteiger partial charge on any atom is 0.312 e. The summed E-state index contributed by atoms with van der Waals surface area (Å²) in [7, 11) is 0. The van der Waals surface area contributed by atoms with Crippen molar-refractivity contribution < 1.29 is 48.8 Å². The van der Waals surface area contributed by atoms with Crippen LogP contribution >= 0.6 is 0 Å². The molecule has 5 heterocycles. The fourth-order valence-electron chi connectivity index (χ4n) is 11.5. The predicted molar refractivity (Wildman–Crippen MR) is 324 cm³/mol. The summed E-state index contributed by atoms with van der Waals surface area (Å²) in [5.74, 6) is 1.73. The molecule has 1 aliphatic heterocycles. The van der Waals surface area contributed by atoms with E-state index in [0.717, 1.165) is 55.0 Å². The van der Waals surface area contributed by atoms with Crippen molar-refractivity contribution in [3.8, 4) is 62.7 Å². The Morgan fingerprint density at radius 3 is 2.00 bits per heavy atom. The van der Waals surface area contributed by atoms with E-state index in [1.54, 1.807) is 27.3 Å². The summed E-state index contributed by atoms with van der Waals surface area (Å²) in [6, 6.07) is 47.0. The molecule has 81 heavy (non-hydrogen) atoms. The van der Waals surface area contributed by atoms with Crippen LogP contribution in [0.3, 0.4) is 0 Å².